The highest BCUT2D eigenvalue weighted by Crippen LogP contribution is 2.16. The first-order chi connectivity index (χ1) is 11.5. The molecule has 0 aliphatic carbocycles. The molecule has 0 fully saturated rings. The molecule has 10 heteroatoms. The van der Waals surface area contributed by atoms with E-state index in [1.54, 1.807) is 18.4 Å². The first kappa shape index (κ1) is 17.9. The van der Waals surface area contributed by atoms with Crippen molar-refractivity contribution in [2.45, 2.75) is 26.8 Å². The molecule has 2 aromatic heterocycles. The van der Waals surface area contributed by atoms with Gasteiger partial charge in [-0.2, -0.15) is 5.10 Å². The van der Waals surface area contributed by atoms with Crippen molar-refractivity contribution in [3.8, 4) is 0 Å². The summed E-state index contributed by atoms with van der Waals surface area (Å²) in [7, 11) is 1.70. The van der Waals surface area contributed by atoms with Crippen LogP contribution in [0, 0.1) is 24.0 Å². The lowest BCUT2D eigenvalue weighted by atomic mass is 10.4. The molecule has 0 saturated heterocycles. The van der Waals surface area contributed by atoms with Crippen LogP contribution in [0.25, 0.3) is 0 Å². The summed E-state index contributed by atoms with van der Waals surface area (Å²) in [5, 5.41) is 22.0. The lowest BCUT2D eigenvalue weighted by Crippen LogP contribution is -2.39. The largest absolute Gasteiger partial charge is 0.356 e. The fourth-order valence-corrected chi connectivity index (χ4v) is 2.95. The highest BCUT2D eigenvalue weighted by atomic mass is 32.1. The van der Waals surface area contributed by atoms with Gasteiger partial charge in [0.05, 0.1) is 22.2 Å². The summed E-state index contributed by atoms with van der Waals surface area (Å²) >= 11 is 1.72. The lowest BCUT2D eigenvalue weighted by Gasteiger charge is -2.11. The quantitative estimate of drug-likeness (QED) is 0.336. The Hall–Kier alpha value is -2.49. The first-order valence-electron chi connectivity index (χ1n) is 7.54. The fraction of sp³-hybridized carbons (Fsp3) is 0.500. The number of aliphatic imine (C=N–C) groups is 1. The molecule has 0 atom stereocenters. The molecule has 0 spiro atoms. The van der Waals surface area contributed by atoms with Crippen LogP contribution < -0.4 is 10.6 Å². The molecule has 0 aliphatic heterocycles. The lowest BCUT2D eigenvalue weighted by molar-refractivity contribution is -0.385. The third-order valence-electron chi connectivity index (χ3n) is 3.39. The van der Waals surface area contributed by atoms with Crippen molar-refractivity contribution >= 4 is 23.0 Å². The second kappa shape index (κ2) is 8.39. The van der Waals surface area contributed by atoms with Crippen molar-refractivity contribution in [1.29, 1.82) is 0 Å². The zero-order valence-electron chi connectivity index (χ0n) is 13.9. The monoisotopic (exact) mass is 351 g/mol. The maximum absolute atomic E-state index is 10.6. The highest BCUT2D eigenvalue weighted by molar-refractivity contribution is 7.11. The Bertz CT molecular complexity index is 703. The Morgan fingerprint density at radius 3 is 2.75 bits per heavy atom. The third kappa shape index (κ3) is 5.01. The molecular weight excluding hydrogens is 330 g/mol. The summed E-state index contributed by atoms with van der Waals surface area (Å²) in [6.07, 6.45) is 3.49. The van der Waals surface area contributed by atoms with Gasteiger partial charge in [-0.25, -0.2) is 4.98 Å². The van der Waals surface area contributed by atoms with E-state index in [2.05, 4.69) is 32.6 Å². The van der Waals surface area contributed by atoms with Gasteiger partial charge in [0, 0.05) is 31.4 Å². The van der Waals surface area contributed by atoms with Crippen LogP contribution in [0.5, 0.6) is 0 Å². The Balaban J connectivity index is 1.71. The fourth-order valence-electron chi connectivity index (χ4n) is 2.01. The number of guanidine groups is 1. The minimum atomic E-state index is -0.459. The van der Waals surface area contributed by atoms with Crippen LogP contribution in [-0.2, 0) is 13.0 Å². The molecule has 0 aliphatic rings. The van der Waals surface area contributed by atoms with Crippen molar-refractivity contribution < 1.29 is 4.92 Å². The molecule has 24 heavy (non-hydrogen) atoms. The molecule has 0 aromatic carbocycles. The van der Waals surface area contributed by atoms with E-state index < -0.39 is 4.92 Å². The van der Waals surface area contributed by atoms with Gasteiger partial charge in [0.15, 0.2) is 5.96 Å². The standard InChI is InChI=1S/C14H21N7O2S/c1-10-11(2)24-13(19-10)4-5-16-14(15-3)17-6-7-20-9-12(8-18-20)21(22)23/h8-9H,4-7H2,1-3H3,(H2,15,16,17). The average molecular weight is 351 g/mol. The highest BCUT2D eigenvalue weighted by Gasteiger charge is 2.08. The van der Waals surface area contributed by atoms with E-state index in [0.29, 0.717) is 19.0 Å². The maximum atomic E-state index is 10.6. The normalized spacial score (nSPS) is 11.5. The van der Waals surface area contributed by atoms with Gasteiger partial charge in [-0.3, -0.25) is 19.8 Å². The predicted molar refractivity (Wildman–Crippen MR) is 93.5 cm³/mol. The molecule has 2 rings (SSSR count). The first-order valence-corrected chi connectivity index (χ1v) is 8.35. The van der Waals surface area contributed by atoms with E-state index in [0.717, 1.165) is 23.7 Å². The minimum absolute atomic E-state index is 0.00783. The van der Waals surface area contributed by atoms with Crippen molar-refractivity contribution in [2.75, 3.05) is 20.1 Å². The van der Waals surface area contributed by atoms with E-state index in [9.17, 15) is 10.1 Å². The van der Waals surface area contributed by atoms with Crippen LogP contribution >= 0.6 is 11.3 Å². The summed E-state index contributed by atoms with van der Waals surface area (Å²) in [5.74, 6) is 0.682. The molecular formula is C14H21N7O2S. The molecule has 9 nitrogen and oxygen atoms in total. The molecule has 0 bridgehead atoms. The van der Waals surface area contributed by atoms with E-state index in [1.807, 2.05) is 6.92 Å². The van der Waals surface area contributed by atoms with Gasteiger partial charge in [-0.15, -0.1) is 11.3 Å². The molecule has 0 amide bonds. The number of thiazole rings is 1. The smallest absolute Gasteiger partial charge is 0.306 e. The number of nitrogens with zero attached hydrogens (tertiary/aromatic N) is 5. The SMILES string of the molecule is CN=C(NCCc1nc(C)c(C)s1)NCCn1cc([N+](=O)[O-])cn1. The third-order valence-corrected chi connectivity index (χ3v) is 4.52. The number of nitrogens with one attached hydrogen (secondary N) is 2. The number of aryl methyl sites for hydroxylation is 2. The van der Waals surface area contributed by atoms with Crippen LogP contribution in [-0.4, -0.2) is 45.8 Å². The van der Waals surface area contributed by atoms with Gasteiger partial charge in [0.25, 0.3) is 0 Å². The summed E-state index contributed by atoms with van der Waals surface area (Å²) < 4.78 is 1.53. The predicted octanol–water partition coefficient (Wildman–Crippen LogP) is 1.27. The van der Waals surface area contributed by atoms with Gasteiger partial charge in [0.2, 0.25) is 0 Å². The molecule has 2 N–H and O–H groups in total. The Labute approximate surface area is 144 Å². The average Bonchev–Trinajstić information content (AvgIpc) is 3.13. The van der Waals surface area contributed by atoms with Gasteiger partial charge < -0.3 is 10.6 Å². The molecule has 130 valence electrons. The molecule has 0 saturated carbocycles. The zero-order valence-corrected chi connectivity index (χ0v) is 14.8. The number of nitro groups is 1. The Morgan fingerprint density at radius 1 is 1.42 bits per heavy atom. The maximum Gasteiger partial charge on any atom is 0.306 e. The Morgan fingerprint density at radius 2 is 2.17 bits per heavy atom. The van der Waals surface area contributed by atoms with Gasteiger partial charge >= 0.3 is 5.69 Å². The van der Waals surface area contributed by atoms with Crippen LogP contribution in [0.15, 0.2) is 17.4 Å². The minimum Gasteiger partial charge on any atom is -0.356 e. The van der Waals surface area contributed by atoms with Crippen molar-refractivity contribution in [1.82, 2.24) is 25.4 Å². The van der Waals surface area contributed by atoms with Crippen LogP contribution in [0.2, 0.25) is 0 Å². The van der Waals surface area contributed by atoms with E-state index in [1.165, 1.54) is 22.0 Å². The van der Waals surface area contributed by atoms with Crippen LogP contribution in [0.4, 0.5) is 5.69 Å². The second-order valence-corrected chi connectivity index (χ2v) is 6.43. The van der Waals surface area contributed by atoms with Crippen molar-refractivity contribution in [2.24, 2.45) is 4.99 Å². The topological polar surface area (TPSA) is 110 Å². The molecule has 2 heterocycles. The number of aromatic nitrogens is 3. The number of hydrogen-bond donors (Lipinski definition) is 2. The summed E-state index contributed by atoms with van der Waals surface area (Å²) in [6.45, 7) is 5.90. The van der Waals surface area contributed by atoms with Crippen LogP contribution in [0.1, 0.15) is 15.6 Å². The molecule has 2 aromatic rings. The van der Waals surface area contributed by atoms with E-state index >= 15 is 0 Å². The van der Waals surface area contributed by atoms with Crippen molar-refractivity contribution in [3.63, 3.8) is 0 Å². The summed E-state index contributed by atoms with van der Waals surface area (Å²) in [4.78, 5) is 20.0. The second-order valence-electron chi connectivity index (χ2n) is 5.14. The number of rotatable bonds is 7. The van der Waals surface area contributed by atoms with Gasteiger partial charge in [-0.05, 0) is 13.8 Å². The zero-order chi connectivity index (χ0) is 17.5. The summed E-state index contributed by atoms with van der Waals surface area (Å²) in [6, 6.07) is 0. The molecule has 0 radical (unpaired) electrons. The van der Waals surface area contributed by atoms with Crippen molar-refractivity contribution in [3.05, 3.63) is 38.1 Å². The van der Waals surface area contributed by atoms with Gasteiger partial charge in [0.1, 0.15) is 12.4 Å². The number of hydrogen-bond acceptors (Lipinski definition) is 6. The Kier molecular flexibility index (Phi) is 6.24. The van der Waals surface area contributed by atoms with E-state index in [4.69, 9.17) is 0 Å². The van der Waals surface area contributed by atoms with E-state index in [-0.39, 0.29) is 5.69 Å². The summed E-state index contributed by atoms with van der Waals surface area (Å²) in [5.41, 5.74) is 1.08. The molecule has 0 unspecified atom stereocenters. The van der Waals surface area contributed by atoms with Crippen LogP contribution in [0.3, 0.4) is 0 Å². The van der Waals surface area contributed by atoms with Gasteiger partial charge in [-0.1, -0.05) is 0 Å².